The molecular formula is C22H29N3O4S. The maximum absolute atomic E-state index is 12.8. The topological polar surface area (TPSA) is 87.7 Å². The molecule has 0 bridgehead atoms. The zero-order valence-electron chi connectivity index (χ0n) is 17.5. The molecular weight excluding hydrogens is 402 g/mol. The molecule has 2 aromatic carbocycles. The van der Waals surface area contributed by atoms with Gasteiger partial charge >= 0.3 is 0 Å². The van der Waals surface area contributed by atoms with E-state index in [0.717, 1.165) is 50.4 Å². The van der Waals surface area contributed by atoms with Gasteiger partial charge in [0.2, 0.25) is 0 Å². The number of anilines is 1. The lowest BCUT2D eigenvalue weighted by Crippen LogP contribution is -2.38. The Morgan fingerprint density at radius 3 is 2.60 bits per heavy atom. The summed E-state index contributed by atoms with van der Waals surface area (Å²) in [5.74, 6) is -0.262. The molecule has 1 aliphatic rings. The minimum atomic E-state index is -3.79. The number of rotatable bonds is 8. The highest BCUT2D eigenvalue weighted by Crippen LogP contribution is 2.20. The summed E-state index contributed by atoms with van der Waals surface area (Å²) in [5.41, 5.74) is 2.55. The Bertz CT molecular complexity index is 986. The summed E-state index contributed by atoms with van der Waals surface area (Å²) in [4.78, 5) is 15.0. The number of aryl methyl sites for hydroxylation is 2. The van der Waals surface area contributed by atoms with Gasteiger partial charge in [0.15, 0.2) is 0 Å². The lowest BCUT2D eigenvalue weighted by Gasteiger charge is -2.26. The Balaban J connectivity index is 1.62. The first-order valence-corrected chi connectivity index (χ1v) is 11.6. The van der Waals surface area contributed by atoms with E-state index in [1.165, 1.54) is 12.1 Å². The molecule has 0 atom stereocenters. The summed E-state index contributed by atoms with van der Waals surface area (Å²) in [6, 6.07) is 11.7. The number of hydrogen-bond acceptors (Lipinski definition) is 5. The van der Waals surface area contributed by atoms with Crippen LogP contribution in [0.15, 0.2) is 47.4 Å². The Morgan fingerprint density at radius 2 is 1.87 bits per heavy atom. The third-order valence-electron chi connectivity index (χ3n) is 5.07. The number of hydrogen-bond donors (Lipinski definition) is 2. The molecule has 1 fully saturated rings. The zero-order valence-corrected chi connectivity index (χ0v) is 18.3. The third-order valence-corrected chi connectivity index (χ3v) is 6.45. The lowest BCUT2D eigenvalue weighted by molar-refractivity contribution is 0.0374. The van der Waals surface area contributed by atoms with Crippen LogP contribution < -0.4 is 10.0 Å². The highest BCUT2D eigenvalue weighted by atomic mass is 32.2. The van der Waals surface area contributed by atoms with Crippen molar-refractivity contribution in [3.8, 4) is 0 Å². The molecule has 0 aliphatic carbocycles. The van der Waals surface area contributed by atoms with Crippen molar-refractivity contribution in [2.24, 2.45) is 0 Å². The van der Waals surface area contributed by atoms with Gasteiger partial charge in [0.1, 0.15) is 0 Å². The summed E-state index contributed by atoms with van der Waals surface area (Å²) < 4.78 is 33.5. The van der Waals surface area contributed by atoms with Crippen LogP contribution >= 0.6 is 0 Å². The predicted octanol–water partition coefficient (Wildman–Crippen LogP) is 2.56. The fourth-order valence-electron chi connectivity index (χ4n) is 3.36. The maximum Gasteiger partial charge on any atom is 0.261 e. The Kier molecular flexibility index (Phi) is 7.47. The molecule has 0 spiro atoms. The second-order valence-electron chi connectivity index (χ2n) is 7.52. The number of ether oxygens (including phenoxy) is 1. The van der Waals surface area contributed by atoms with Crippen molar-refractivity contribution in [2.45, 2.75) is 25.2 Å². The van der Waals surface area contributed by atoms with Gasteiger partial charge in [0.25, 0.3) is 15.9 Å². The number of benzene rings is 2. The molecule has 7 nitrogen and oxygen atoms in total. The summed E-state index contributed by atoms with van der Waals surface area (Å²) in [5, 5.41) is 2.90. The minimum Gasteiger partial charge on any atom is -0.379 e. The first-order valence-electron chi connectivity index (χ1n) is 10.1. The molecule has 0 radical (unpaired) electrons. The molecule has 0 unspecified atom stereocenters. The normalized spacial score (nSPS) is 15.0. The van der Waals surface area contributed by atoms with E-state index in [-0.39, 0.29) is 10.8 Å². The van der Waals surface area contributed by atoms with Crippen LogP contribution in [0, 0.1) is 13.8 Å². The maximum atomic E-state index is 12.8. The van der Waals surface area contributed by atoms with Crippen molar-refractivity contribution >= 4 is 21.6 Å². The van der Waals surface area contributed by atoms with Gasteiger partial charge in [-0.05, 0) is 62.2 Å². The van der Waals surface area contributed by atoms with E-state index in [2.05, 4.69) is 14.9 Å². The smallest absolute Gasteiger partial charge is 0.261 e. The van der Waals surface area contributed by atoms with E-state index in [1.807, 2.05) is 13.0 Å². The largest absolute Gasteiger partial charge is 0.379 e. The number of amides is 1. The summed E-state index contributed by atoms with van der Waals surface area (Å²) in [6.07, 6.45) is 0.831. The molecule has 3 rings (SSSR count). The second kappa shape index (κ2) is 10.1. The monoisotopic (exact) mass is 431 g/mol. The lowest BCUT2D eigenvalue weighted by atomic mass is 10.1. The summed E-state index contributed by atoms with van der Waals surface area (Å²) >= 11 is 0. The molecule has 162 valence electrons. The molecule has 2 aromatic rings. The van der Waals surface area contributed by atoms with Crippen molar-refractivity contribution in [3.63, 3.8) is 0 Å². The van der Waals surface area contributed by atoms with Crippen molar-refractivity contribution in [1.82, 2.24) is 10.2 Å². The second-order valence-corrected chi connectivity index (χ2v) is 9.20. The molecule has 2 N–H and O–H groups in total. The SMILES string of the molecule is Cc1cccc(NS(=O)(=O)c2ccc(C)c(C(=O)NCCCN3CCOCC3)c2)c1. The molecule has 30 heavy (non-hydrogen) atoms. The fourth-order valence-corrected chi connectivity index (χ4v) is 4.44. The average Bonchev–Trinajstić information content (AvgIpc) is 2.71. The Morgan fingerprint density at radius 1 is 1.10 bits per heavy atom. The molecule has 1 saturated heterocycles. The van der Waals surface area contributed by atoms with Gasteiger partial charge in [-0.15, -0.1) is 0 Å². The zero-order chi connectivity index (χ0) is 21.6. The molecule has 8 heteroatoms. The standard InChI is InChI=1S/C22H29N3O4S/c1-17-5-3-6-19(15-17)24-30(27,28)20-8-7-18(2)21(16-20)22(26)23-9-4-10-25-11-13-29-14-12-25/h3,5-8,15-16,24H,4,9-14H2,1-2H3,(H,23,26). The first-order chi connectivity index (χ1) is 14.3. The fraction of sp³-hybridized carbons (Fsp3) is 0.409. The van der Waals surface area contributed by atoms with E-state index in [1.54, 1.807) is 31.2 Å². The van der Waals surface area contributed by atoms with E-state index >= 15 is 0 Å². The summed E-state index contributed by atoms with van der Waals surface area (Å²) in [6.45, 7) is 8.47. The molecule has 1 amide bonds. The molecule has 1 aliphatic heterocycles. The van der Waals surface area contributed by atoms with Crippen molar-refractivity contribution in [1.29, 1.82) is 0 Å². The molecule has 0 aromatic heterocycles. The van der Waals surface area contributed by atoms with Gasteiger partial charge in [-0.2, -0.15) is 0 Å². The number of nitrogens with one attached hydrogen (secondary N) is 2. The van der Waals surface area contributed by atoms with Crippen LogP contribution in [0.5, 0.6) is 0 Å². The highest BCUT2D eigenvalue weighted by Gasteiger charge is 2.18. The van der Waals surface area contributed by atoms with Crippen molar-refractivity contribution in [2.75, 3.05) is 44.1 Å². The van der Waals surface area contributed by atoms with Crippen LogP contribution in [0.2, 0.25) is 0 Å². The number of carbonyl (C=O) groups is 1. The number of carbonyl (C=O) groups excluding carboxylic acids is 1. The Hall–Kier alpha value is -2.42. The van der Waals surface area contributed by atoms with Crippen molar-refractivity contribution in [3.05, 3.63) is 59.2 Å². The van der Waals surface area contributed by atoms with E-state index in [9.17, 15) is 13.2 Å². The molecule has 0 saturated carbocycles. The molecule has 1 heterocycles. The van der Waals surface area contributed by atoms with Crippen LogP contribution in [-0.2, 0) is 14.8 Å². The van der Waals surface area contributed by atoms with Gasteiger partial charge in [-0.1, -0.05) is 18.2 Å². The number of nitrogens with zero attached hydrogens (tertiary/aromatic N) is 1. The summed E-state index contributed by atoms with van der Waals surface area (Å²) in [7, 11) is -3.79. The van der Waals surface area contributed by atoms with Crippen LogP contribution in [-0.4, -0.2) is 58.6 Å². The Labute approximate surface area is 178 Å². The van der Waals surface area contributed by atoms with E-state index in [4.69, 9.17) is 4.74 Å². The van der Waals surface area contributed by atoms with Gasteiger partial charge in [-0.3, -0.25) is 14.4 Å². The van der Waals surface area contributed by atoms with Gasteiger partial charge in [-0.25, -0.2) is 8.42 Å². The van der Waals surface area contributed by atoms with Crippen molar-refractivity contribution < 1.29 is 17.9 Å². The quantitative estimate of drug-likeness (QED) is 0.627. The van der Waals surface area contributed by atoms with Gasteiger partial charge in [0, 0.05) is 30.9 Å². The number of sulfonamides is 1. The van der Waals surface area contributed by atoms with E-state index < -0.39 is 10.0 Å². The van der Waals surface area contributed by atoms with Crippen LogP contribution in [0.25, 0.3) is 0 Å². The third kappa shape index (κ3) is 6.04. The predicted molar refractivity (Wildman–Crippen MR) is 117 cm³/mol. The first kappa shape index (κ1) is 22.3. The van der Waals surface area contributed by atoms with Crippen LogP contribution in [0.1, 0.15) is 27.9 Å². The van der Waals surface area contributed by atoms with Crippen LogP contribution in [0.3, 0.4) is 0 Å². The highest BCUT2D eigenvalue weighted by molar-refractivity contribution is 7.92. The van der Waals surface area contributed by atoms with Gasteiger partial charge in [0.05, 0.1) is 18.1 Å². The average molecular weight is 432 g/mol. The van der Waals surface area contributed by atoms with E-state index in [0.29, 0.717) is 17.8 Å². The van der Waals surface area contributed by atoms with Crippen LogP contribution in [0.4, 0.5) is 5.69 Å². The number of morpholine rings is 1. The van der Waals surface area contributed by atoms with Gasteiger partial charge < -0.3 is 10.1 Å². The minimum absolute atomic E-state index is 0.0630.